The molecule has 0 amide bonds. The van der Waals surface area contributed by atoms with Gasteiger partial charge in [-0.15, -0.1) is 0 Å². The number of anilines is 1. The van der Waals surface area contributed by atoms with E-state index in [0.29, 0.717) is 5.56 Å². The number of hydrogen-bond donors (Lipinski definition) is 3. The molecule has 0 saturated carbocycles. The number of aliphatic hydroxyl groups excluding tert-OH is 2. The van der Waals surface area contributed by atoms with Gasteiger partial charge in [0.2, 0.25) is 6.20 Å². The summed E-state index contributed by atoms with van der Waals surface area (Å²) in [6.07, 6.45) is -0.598. The minimum absolute atomic E-state index is 0.0131. The second-order valence-corrected chi connectivity index (χ2v) is 10.8. The Morgan fingerprint density at radius 1 is 1.14 bits per heavy atom. The fourth-order valence-electron chi connectivity index (χ4n) is 4.32. The van der Waals surface area contributed by atoms with Gasteiger partial charge in [-0.2, -0.15) is 8.42 Å². The molecule has 1 aliphatic heterocycles. The number of hydrogen-bond acceptors (Lipinski definition) is 15. The lowest BCUT2D eigenvalue weighted by atomic mass is 10.1. The van der Waals surface area contributed by atoms with Crippen LogP contribution in [-0.2, 0) is 19.6 Å². The van der Waals surface area contributed by atoms with Gasteiger partial charge in [0, 0.05) is 6.08 Å². The molecule has 5 rings (SSSR count). The Kier molecular flexibility index (Phi) is 8.41. The van der Waals surface area contributed by atoms with Crippen molar-refractivity contribution in [1.82, 2.24) is 19.5 Å². The summed E-state index contributed by atoms with van der Waals surface area (Å²) in [4.78, 5) is 34.3. The van der Waals surface area contributed by atoms with Gasteiger partial charge in [0.25, 0.3) is 0 Å². The second-order valence-electron chi connectivity index (χ2n) is 9.30. The minimum atomic E-state index is -4.38. The molecule has 4 unspecified atom stereocenters. The quantitative estimate of drug-likeness (QED) is 0.0956. The van der Waals surface area contributed by atoms with Crippen molar-refractivity contribution in [3.8, 4) is 11.5 Å². The molecule has 17 nitrogen and oxygen atoms in total. The maximum atomic E-state index is 12.9. The van der Waals surface area contributed by atoms with Crippen LogP contribution >= 0.6 is 0 Å². The highest BCUT2D eigenvalue weighted by Crippen LogP contribution is 2.33. The Balaban J connectivity index is 1.22. The van der Waals surface area contributed by atoms with Crippen LogP contribution in [0, 0.1) is 10.1 Å². The number of methoxy groups -OCH3 is 1. The van der Waals surface area contributed by atoms with Crippen molar-refractivity contribution in [3.05, 3.63) is 82.6 Å². The van der Waals surface area contributed by atoms with Gasteiger partial charge in [-0.25, -0.2) is 19.7 Å². The summed E-state index contributed by atoms with van der Waals surface area (Å²) in [7, 11) is -3.10. The van der Waals surface area contributed by atoms with Crippen molar-refractivity contribution in [2.75, 3.05) is 19.5 Å². The highest BCUT2D eigenvalue weighted by molar-refractivity contribution is 7.87. The number of nitro groups is 1. The second kappa shape index (κ2) is 12.2. The average Bonchev–Trinajstić information content (AvgIpc) is 3.56. The molecule has 0 bridgehead atoms. The predicted octanol–water partition coefficient (Wildman–Crippen LogP) is 0.908. The number of fused-ring (bicyclic) bond motifs is 1. The molecule has 4 atom stereocenters. The lowest BCUT2D eigenvalue weighted by molar-refractivity contribution is -0.400. The molecule has 4 aromatic rings. The zero-order chi connectivity index (χ0) is 31.6. The fraction of sp³-hybridized carbons (Fsp3) is 0.231. The van der Waals surface area contributed by atoms with E-state index in [2.05, 4.69) is 15.0 Å². The Morgan fingerprint density at radius 2 is 1.89 bits per heavy atom. The van der Waals surface area contributed by atoms with E-state index < -0.39 is 52.2 Å². The molecule has 1 saturated heterocycles. The normalized spacial score (nSPS) is 20.2. The van der Waals surface area contributed by atoms with Crippen molar-refractivity contribution < 1.29 is 46.7 Å². The number of nitrogen functional groups attached to an aromatic ring is 1. The lowest BCUT2D eigenvalue weighted by Crippen LogP contribution is -2.34. The third-order valence-corrected chi connectivity index (χ3v) is 7.78. The van der Waals surface area contributed by atoms with Crippen molar-refractivity contribution in [1.29, 1.82) is 0 Å². The Labute approximate surface area is 248 Å². The number of nitrogens with zero attached hydrogens (tertiary/aromatic N) is 5. The van der Waals surface area contributed by atoms with E-state index in [1.165, 1.54) is 60.7 Å². The molecule has 1 fully saturated rings. The molecule has 3 heterocycles. The topological polar surface area (TPSA) is 241 Å². The summed E-state index contributed by atoms with van der Waals surface area (Å²) in [5.41, 5.74) is 6.71. The third-order valence-electron chi connectivity index (χ3n) is 6.53. The van der Waals surface area contributed by atoms with Crippen molar-refractivity contribution >= 4 is 39.1 Å². The molecule has 44 heavy (non-hydrogen) atoms. The molecule has 1 aliphatic rings. The van der Waals surface area contributed by atoms with E-state index in [1.54, 1.807) is 0 Å². The van der Waals surface area contributed by atoms with Crippen LogP contribution in [0.25, 0.3) is 17.2 Å². The van der Waals surface area contributed by atoms with E-state index in [9.17, 15) is 33.5 Å². The number of aliphatic hydroxyl groups is 2. The van der Waals surface area contributed by atoms with Gasteiger partial charge < -0.3 is 34.3 Å². The molecule has 0 aliphatic carbocycles. The molecular weight excluding hydrogens is 604 g/mol. The van der Waals surface area contributed by atoms with Crippen LogP contribution in [0.3, 0.4) is 0 Å². The third kappa shape index (κ3) is 6.13. The monoisotopic (exact) mass is 628 g/mol. The Bertz CT molecular complexity index is 1840. The van der Waals surface area contributed by atoms with Crippen LogP contribution in [0.1, 0.15) is 22.1 Å². The van der Waals surface area contributed by atoms with Crippen LogP contribution in [0.5, 0.6) is 11.5 Å². The summed E-state index contributed by atoms with van der Waals surface area (Å²) >= 11 is 0. The van der Waals surface area contributed by atoms with Crippen LogP contribution in [0.2, 0.25) is 0 Å². The summed E-state index contributed by atoms with van der Waals surface area (Å²) in [5, 5.41) is 31.6. The van der Waals surface area contributed by atoms with Gasteiger partial charge in [0.1, 0.15) is 41.7 Å². The molecule has 18 heteroatoms. The van der Waals surface area contributed by atoms with Gasteiger partial charge in [-0.05, 0) is 42.0 Å². The number of esters is 1. The standard InChI is InChI=1S/C26H24N6O11S/c1-40-18-10-14(8-9-32(36)37)2-7-17(18)43-44(38,39)16-5-3-15(4-6-16)26(35)41-11-19-21(33)22(34)25(42-19)31-13-30-20-23(27)28-12-29-24(20)31/h2-10,12-13,19,21-22,25,33-34H,11H2,1H3,(H2,27,28,29)/b9-8+. The lowest BCUT2D eigenvalue weighted by Gasteiger charge is -2.16. The Morgan fingerprint density at radius 3 is 2.59 bits per heavy atom. The minimum Gasteiger partial charge on any atom is -0.493 e. The van der Waals surface area contributed by atoms with E-state index >= 15 is 0 Å². The number of carbonyl (C=O) groups is 1. The number of rotatable bonds is 10. The summed E-state index contributed by atoms with van der Waals surface area (Å²) in [6, 6.07) is 8.70. The Hall–Kier alpha value is -5.17. The average molecular weight is 629 g/mol. The molecule has 2 aromatic heterocycles. The van der Waals surface area contributed by atoms with E-state index in [0.717, 1.165) is 18.3 Å². The van der Waals surface area contributed by atoms with Crippen LogP contribution in [0.4, 0.5) is 5.82 Å². The first-order chi connectivity index (χ1) is 21.0. The largest absolute Gasteiger partial charge is 0.493 e. The fourth-order valence-corrected chi connectivity index (χ4v) is 5.26. The van der Waals surface area contributed by atoms with Crippen molar-refractivity contribution in [3.63, 3.8) is 0 Å². The smallest absolute Gasteiger partial charge is 0.339 e. The number of benzene rings is 2. The summed E-state index contributed by atoms with van der Waals surface area (Å²) in [5.74, 6) is -0.876. The SMILES string of the molecule is COc1cc(/C=C/[N+](=O)[O-])ccc1OS(=O)(=O)c1ccc(C(=O)OCC2OC(n3cnc4c(N)ncnc43)C(O)C2O)cc1. The summed E-state index contributed by atoms with van der Waals surface area (Å²) < 4.78 is 48.4. The number of nitrogens with two attached hydrogens (primary N) is 1. The predicted molar refractivity (Wildman–Crippen MR) is 149 cm³/mol. The first-order valence-electron chi connectivity index (χ1n) is 12.6. The van der Waals surface area contributed by atoms with Gasteiger partial charge in [-0.3, -0.25) is 14.7 Å². The van der Waals surface area contributed by atoms with E-state index in [1.807, 2.05) is 0 Å². The van der Waals surface area contributed by atoms with E-state index in [-0.39, 0.29) is 38.9 Å². The number of carbonyl (C=O) groups excluding carboxylic acids is 1. The molecule has 0 spiro atoms. The maximum absolute atomic E-state index is 12.9. The maximum Gasteiger partial charge on any atom is 0.339 e. The highest BCUT2D eigenvalue weighted by atomic mass is 32.2. The van der Waals surface area contributed by atoms with Gasteiger partial charge in [0.15, 0.2) is 29.2 Å². The first kappa shape index (κ1) is 30.3. The van der Waals surface area contributed by atoms with E-state index in [4.69, 9.17) is 24.1 Å². The van der Waals surface area contributed by atoms with Gasteiger partial charge in [0.05, 0.1) is 23.9 Å². The van der Waals surface area contributed by atoms with Crippen LogP contribution < -0.4 is 14.7 Å². The molecule has 4 N–H and O–H groups in total. The molecular formula is C26H24N6O11S. The van der Waals surface area contributed by atoms with Crippen molar-refractivity contribution in [2.45, 2.75) is 29.4 Å². The summed E-state index contributed by atoms with van der Waals surface area (Å²) in [6.45, 7) is -0.437. The zero-order valence-electron chi connectivity index (χ0n) is 22.7. The van der Waals surface area contributed by atoms with Crippen LogP contribution in [0.15, 0.2) is 66.2 Å². The number of ether oxygens (including phenoxy) is 3. The molecule has 230 valence electrons. The van der Waals surface area contributed by atoms with Gasteiger partial charge in [-0.1, -0.05) is 6.07 Å². The molecule has 2 aromatic carbocycles. The first-order valence-corrected chi connectivity index (χ1v) is 14.1. The molecule has 0 radical (unpaired) electrons. The van der Waals surface area contributed by atoms with Gasteiger partial charge >= 0.3 is 16.1 Å². The number of aromatic nitrogens is 4. The van der Waals surface area contributed by atoms with Crippen molar-refractivity contribution in [2.24, 2.45) is 0 Å². The highest BCUT2D eigenvalue weighted by Gasteiger charge is 2.45. The number of imidazole rings is 1. The zero-order valence-corrected chi connectivity index (χ0v) is 23.5. The van der Waals surface area contributed by atoms with Crippen LogP contribution in [-0.4, -0.2) is 81.1 Å².